The molecule has 0 aliphatic heterocycles. The first-order valence-corrected chi connectivity index (χ1v) is 2.92. The topological polar surface area (TPSA) is 78.0 Å². The number of anilines is 1. The summed E-state index contributed by atoms with van der Waals surface area (Å²) in [7, 11) is 0. The van der Waals surface area contributed by atoms with Crippen LogP contribution in [-0.2, 0) is 0 Å². The van der Waals surface area contributed by atoms with E-state index in [-0.39, 0.29) is 5.69 Å². The molecule has 0 amide bonds. The molecule has 0 bridgehead atoms. The molecule has 0 saturated carbocycles. The van der Waals surface area contributed by atoms with Gasteiger partial charge in [-0.15, -0.1) is 0 Å². The third kappa shape index (κ3) is 1.25. The molecule has 0 fully saturated rings. The molecule has 52 valence electrons. The number of nitriles is 1. The van der Waals surface area contributed by atoms with E-state index in [9.17, 15) is 0 Å². The highest BCUT2D eigenvalue weighted by Crippen LogP contribution is 2.21. The van der Waals surface area contributed by atoms with Crippen molar-refractivity contribution in [2.24, 2.45) is 0 Å². The van der Waals surface area contributed by atoms with Crippen molar-refractivity contribution < 1.29 is 0 Å². The lowest BCUT2D eigenvalue weighted by Crippen LogP contribution is -1.85. The summed E-state index contributed by atoms with van der Waals surface area (Å²) in [6.45, 7) is 0. The van der Waals surface area contributed by atoms with Gasteiger partial charge in [0.25, 0.3) is 0 Å². The summed E-state index contributed by atoms with van der Waals surface area (Å²) in [5.41, 5.74) is 6.44. The van der Waals surface area contributed by atoms with E-state index in [4.69, 9.17) is 16.4 Å². The maximum atomic E-state index is 8.43. The zero-order valence-electron chi connectivity index (χ0n) is 5.65. The molecule has 0 saturated heterocycles. The summed E-state index contributed by atoms with van der Waals surface area (Å²) >= 11 is 0. The third-order valence-electron chi connectivity index (χ3n) is 1.26. The molecule has 4 heteroatoms. The molecule has 4 nitrogen and oxygen atoms in total. The number of hydrogen-bond acceptors (Lipinski definition) is 3. The van der Waals surface area contributed by atoms with Gasteiger partial charge in [0.1, 0.15) is 5.69 Å². The molecule has 0 spiro atoms. The van der Waals surface area contributed by atoms with Crippen LogP contribution in [0.5, 0.6) is 0 Å². The van der Waals surface area contributed by atoms with Crippen molar-refractivity contribution >= 4 is 11.4 Å². The minimum absolute atomic E-state index is 0.281. The molecule has 1 rings (SSSR count). The molecule has 0 radical (unpaired) electrons. The van der Waals surface area contributed by atoms with Crippen LogP contribution >= 0.6 is 0 Å². The van der Waals surface area contributed by atoms with Crippen molar-refractivity contribution in [2.75, 3.05) is 5.73 Å². The number of diazo groups is 1. The molecule has 2 N–H and O–H groups in total. The van der Waals surface area contributed by atoms with Crippen LogP contribution in [0.1, 0.15) is 5.56 Å². The maximum Gasteiger partial charge on any atom is 0.407 e. The predicted octanol–water partition coefficient (Wildman–Crippen LogP) is 1.63. The van der Waals surface area contributed by atoms with Gasteiger partial charge in [0, 0.05) is 6.07 Å². The molecule has 0 unspecified atom stereocenters. The first-order chi connectivity index (χ1) is 5.27. The van der Waals surface area contributed by atoms with Crippen molar-refractivity contribution in [3.63, 3.8) is 0 Å². The number of nitrogens with two attached hydrogens (primary N) is 1. The zero-order valence-corrected chi connectivity index (χ0v) is 5.65. The quantitative estimate of drug-likeness (QED) is 0.445. The Morgan fingerprint density at radius 1 is 1.45 bits per heavy atom. The van der Waals surface area contributed by atoms with Crippen LogP contribution in [-0.4, -0.2) is 0 Å². The monoisotopic (exact) mass is 145 g/mol. The van der Waals surface area contributed by atoms with E-state index in [1.54, 1.807) is 0 Å². The van der Waals surface area contributed by atoms with Crippen molar-refractivity contribution in [3.05, 3.63) is 28.7 Å². The SMILES string of the molecule is N#Cc1ccc([N+]#N)c(N)c1. The minimum Gasteiger partial charge on any atom is -0.392 e. The van der Waals surface area contributed by atoms with Gasteiger partial charge in [-0.05, 0) is 12.1 Å². The lowest BCUT2D eigenvalue weighted by Gasteiger charge is -1.86. The number of nitrogens with zero attached hydrogens (tertiary/aromatic N) is 3. The number of benzene rings is 1. The molecule has 1 aromatic rings. The van der Waals surface area contributed by atoms with Crippen LogP contribution < -0.4 is 5.73 Å². The highest BCUT2D eigenvalue weighted by atomic mass is 14.9. The second-order valence-electron chi connectivity index (χ2n) is 1.99. The summed E-state index contributed by atoms with van der Waals surface area (Å²) in [4.78, 5) is 2.91. The normalized spacial score (nSPS) is 8.18. The van der Waals surface area contributed by atoms with Gasteiger partial charge >= 0.3 is 5.69 Å². The van der Waals surface area contributed by atoms with Crippen molar-refractivity contribution in [3.8, 4) is 6.07 Å². The predicted molar refractivity (Wildman–Crippen MR) is 40.3 cm³/mol. The molecule has 0 heterocycles. The fraction of sp³-hybridized carbons (Fsp3) is 0. The van der Waals surface area contributed by atoms with Gasteiger partial charge < -0.3 is 5.73 Å². The van der Waals surface area contributed by atoms with Gasteiger partial charge in [-0.3, -0.25) is 0 Å². The Labute approximate surface area is 63.5 Å². The lowest BCUT2D eigenvalue weighted by atomic mass is 10.2. The molecular formula is C7H5N4+. The minimum atomic E-state index is 0.281. The smallest absolute Gasteiger partial charge is 0.392 e. The molecule has 0 aromatic heterocycles. The van der Waals surface area contributed by atoms with Gasteiger partial charge in [0.15, 0.2) is 4.98 Å². The number of rotatable bonds is 0. The first-order valence-electron chi connectivity index (χ1n) is 2.92. The molecule has 11 heavy (non-hydrogen) atoms. The molecule has 0 aliphatic rings. The zero-order chi connectivity index (χ0) is 8.27. The van der Waals surface area contributed by atoms with Gasteiger partial charge in [0.2, 0.25) is 5.39 Å². The largest absolute Gasteiger partial charge is 0.407 e. The van der Waals surface area contributed by atoms with Gasteiger partial charge in [-0.25, -0.2) is 0 Å². The second kappa shape index (κ2) is 2.68. The van der Waals surface area contributed by atoms with E-state index in [1.807, 2.05) is 6.07 Å². The highest BCUT2D eigenvalue weighted by molar-refractivity contribution is 5.68. The van der Waals surface area contributed by atoms with E-state index >= 15 is 0 Å². The van der Waals surface area contributed by atoms with E-state index < -0.39 is 0 Å². The van der Waals surface area contributed by atoms with Crippen molar-refractivity contribution in [1.82, 2.24) is 0 Å². The van der Waals surface area contributed by atoms with Crippen LogP contribution in [0.3, 0.4) is 0 Å². The third-order valence-corrected chi connectivity index (χ3v) is 1.26. The standard InChI is InChI=1S/C7H5N4/c8-4-5-1-2-7(11-10)6(9)3-5/h1-3H,9H2/q+1. The molecular weight excluding hydrogens is 140 g/mol. The maximum absolute atomic E-state index is 8.43. The summed E-state index contributed by atoms with van der Waals surface area (Å²) in [6.07, 6.45) is 0. The van der Waals surface area contributed by atoms with Crippen LogP contribution in [0, 0.1) is 16.7 Å². The number of hydrogen-bond donors (Lipinski definition) is 1. The summed E-state index contributed by atoms with van der Waals surface area (Å²) < 4.78 is 0. The van der Waals surface area contributed by atoms with Gasteiger partial charge in [0.05, 0.1) is 11.6 Å². The Morgan fingerprint density at radius 3 is 2.64 bits per heavy atom. The molecule has 0 atom stereocenters. The Bertz CT molecular complexity index is 356. The van der Waals surface area contributed by atoms with E-state index in [1.165, 1.54) is 18.2 Å². The van der Waals surface area contributed by atoms with Crippen molar-refractivity contribution in [1.29, 1.82) is 10.7 Å². The van der Waals surface area contributed by atoms with Crippen LogP contribution in [0.15, 0.2) is 18.2 Å². The van der Waals surface area contributed by atoms with Gasteiger partial charge in [-0.2, -0.15) is 5.26 Å². The van der Waals surface area contributed by atoms with E-state index in [0.717, 1.165) is 0 Å². The fourth-order valence-electron chi connectivity index (χ4n) is 0.715. The average Bonchev–Trinajstić information content (AvgIpc) is 2.04. The van der Waals surface area contributed by atoms with Crippen LogP contribution in [0.25, 0.3) is 4.98 Å². The van der Waals surface area contributed by atoms with E-state index in [2.05, 4.69) is 4.98 Å². The summed E-state index contributed by atoms with van der Waals surface area (Å²) in [6, 6.07) is 6.38. The lowest BCUT2D eigenvalue weighted by molar-refractivity contribution is 1.45. The van der Waals surface area contributed by atoms with Gasteiger partial charge in [-0.1, -0.05) is 0 Å². The summed E-state index contributed by atoms with van der Waals surface area (Å²) in [5.74, 6) is 0. The van der Waals surface area contributed by atoms with Crippen LogP contribution in [0.4, 0.5) is 11.4 Å². The second-order valence-corrected chi connectivity index (χ2v) is 1.99. The highest BCUT2D eigenvalue weighted by Gasteiger charge is 2.09. The Morgan fingerprint density at radius 2 is 2.18 bits per heavy atom. The Kier molecular flexibility index (Phi) is 1.71. The Balaban J connectivity index is 3.25. The Hall–Kier alpha value is -2.07. The number of nitrogen functional groups attached to an aromatic ring is 1. The fourth-order valence-corrected chi connectivity index (χ4v) is 0.715. The van der Waals surface area contributed by atoms with E-state index in [0.29, 0.717) is 11.3 Å². The molecule has 0 aliphatic carbocycles. The summed E-state index contributed by atoms with van der Waals surface area (Å²) in [5, 5.41) is 16.8. The first kappa shape index (κ1) is 7.04. The molecule has 1 aromatic carbocycles. The van der Waals surface area contributed by atoms with Crippen molar-refractivity contribution in [2.45, 2.75) is 0 Å². The average molecular weight is 145 g/mol. The van der Waals surface area contributed by atoms with Crippen LogP contribution in [0.2, 0.25) is 0 Å².